The standard InChI is InChI=1S/C13H21NO6/c1-2-18-11(15)12(7-8-14(16)17)3-5-13(6-4-12)19-9-10-20-13/h2-10H2,1H3. The zero-order valence-corrected chi connectivity index (χ0v) is 11.8. The van der Waals surface area contributed by atoms with Gasteiger partial charge in [-0.25, -0.2) is 0 Å². The first-order valence-electron chi connectivity index (χ1n) is 7.09. The molecule has 0 N–H and O–H groups in total. The van der Waals surface area contributed by atoms with Gasteiger partial charge in [-0.3, -0.25) is 14.9 Å². The van der Waals surface area contributed by atoms with E-state index in [1.807, 2.05) is 0 Å². The summed E-state index contributed by atoms with van der Waals surface area (Å²) in [5, 5.41) is 10.6. The number of hydrogen-bond donors (Lipinski definition) is 0. The van der Waals surface area contributed by atoms with Crippen molar-refractivity contribution in [2.45, 2.75) is 44.8 Å². The number of nitrogens with zero attached hydrogens (tertiary/aromatic N) is 1. The Hall–Kier alpha value is -1.21. The van der Waals surface area contributed by atoms with Crippen LogP contribution in [-0.4, -0.2) is 43.0 Å². The van der Waals surface area contributed by atoms with E-state index in [4.69, 9.17) is 14.2 Å². The normalized spacial score (nSPS) is 23.6. The fourth-order valence-corrected chi connectivity index (χ4v) is 3.04. The first-order chi connectivity index (χ1) is 9.52. The summed E-state index contributed by atoms with van der Waals surface area (Å²) in [4.78, 5) is 22.4. The van der Waals surface area contributed by atoms with E-state index in [1.165, 1.54) is 0 Å². The van der Waals surface area contributed by atoms with E-state index in [-0.39, 0.29) is 30.5 Å². The molecule has 2 fully saturated rings. The Labute approximate surface area is 117 Å². The van der Waals surface area contributed by atoms with Crippen LogP contribution in [-0.2, 0) is 19.0 Å². The fourth-order valence-electron chi connectivity index (χ4n) is 3.04. The lowest BCUT2D eigenvalue weighted by Gasteiger charge is -2.41. The molecule has 7 heteroatoms. The van der Waals surface area contributed by atoms with Crippen molar-refractivity contribution in [2.24, 2.45) is 5.41 Å². The number of carbonyl (C=O) groups excluding carboxylic acids is 1. The molecule has 7 nitrogen and oxygen atoms in total. The highest BCUT2D eigenvalue weighted by molar-refractivity contribution is 5.77. The second-order valence-corrected chi connectivity index (χ2v) is 5.41. The van der Waals surface area contributed by atoms with E-state index in [1.54, 1.807) is 6.92 Å². The van der Waals surface area contributed by atoms with Crippen molar-refractivity contribution in [3.05, 3.63) is 10.1 Å². The maximum absolute atomic E-state index is 12.2. The van der Waals surface area contributed by atoms with Crippen LogP contribution >= 0.6 is 0 Å². The molecule has 1 spiro atoms. The van der Waals surface area contributed by atoms with Crippen LogP contribution in [0.5, 0.6) is 0 Å². The first kappa shape index (κ1) is 15.2. The molecule has 0 aromatic rings. The van der Waals surface area contributed by atoms with Crippen molar-refractivity contribution in [1.29, 1.82) is 0 Å². The van der Waals surface area contributed by atoms with Crippen molar-refractivity contribution in [2.75, 3.05) is 26.4 Å². The summed E-state index contributed by atoms with van der Waals surface area (Å²) in [6.07, 6.45) is 2.42. The first-order valence-corrected chi connectivity index (χ1v) is 7.09. The van der Waals surface area contributed by atoms with Gasteiger partial charge in [0.05, 0.1) is 25.2 Å². The maximum atomic E-state index is 12.2. The molecule has 2 rings (SSSR count). The van der Waals surface area contributed by atoms with Gasteiger partial charge in [0.15, 0.2) is 5.79 Å². The molecular weight excluding hydrogens is 266 g/mol. The highest BCUT2D eigenvalue weighted by Crippen LogP contribution is 2.47. The Morgan fingerprint density at radius 3 is 2.35 bits per heavy atom. The summed E-state index contributed by atoms with van der Waals surface area (Å²) in [6.45, 7) is 2.96. The summed E-state index contributed by atoms with van der Waals surface area (Å²) in [7, 11) is 0. The summed E-state index contributed by atoms with van der Waals surface area (Å²) in [6, 6.07) is 0. The van der Waals surface area contributed by atoms with Gasteiger partial charge in [-0.2, -0.15) is 0 Å². The topological polar surface area (TPSA) is 87.9 Å². The second kappa shape index (κ2) is 6.05. The van der Waals surface area contributed by atoms with E-state index in [9.17, 15) is 14.9 Å². The number of rotatable bonds is 5. The molecule has 1 saturated carbocycles. The average molecular weight is 287 g/mol. The number of carbonyl (C=O) groups is 1. The SMILES string of the molecule is CCOC(=O)C1(CC[N+](=O)[O-])CCC2(CC1)OCCO2. The van der Waals surface area contributed by atoms with Crippen LogP contribution in [0.4, 0.5) is 0 Å². The van der Waals surface area contributed by atoms with Crippen LogP contribution in [0.1, 0.15) is 39.0 Å². The minimum absolute atomic E-state index is 0.215. The molecular formula is C13H21NO6. The van der Waals surface area contributed by atoms with Crippen LogP contribution in [0.15, 0.2) is 0 Å². The van der Waals surface area contributed by atoms with Gasteiger partial charge in [-0.15, -0.1) is 0 Å². The molecule has 114 valence electrons. The van der Waals surface area contributed by atoms with Crippen LogP contribution in [0.25, 0.3) is 0 Å². The van der Waals surface area contributed by atoms with Crippen molar-refractivity contribution < 1.29 is 23.9 Å². The highest BCUT2D eigenvalue weighted by Gasteiger charge is 2.51. The number of nitro groups is 1. The van der Waals surface area contributed by atoms with Gasteiger partial charge >= 0.3 is 5.97 Å². The Balaban J connectivity index is 2.04. The molecule has 0 unspecified atom stereocenters. The molecule has 20 heavy (non-hydrogen) atoms. The predicted molar refractivity (Wildman–Crippen MR) is 68.6 cm³/mol. The molecule has 1 saturated heterocycles. The van der Waals surface area contributed by atoms with Crippen molar-refractivity contribution >= 4 is 5.97 Å². The lowest BCUT2D eigenvalue weighted by molar-refractivity contribution is -0.483. The van der Waals surface area contributed by atoms with Gasteiger partial charge in [-0.05, 0) is 19.8 Å². The molecule has 1 heterocycles. The smallest absolute Gasteiger partial charge is 0.312 e. The Morgan fingerprint density at radius 1 is 1.25 bits per heavy atom. The van der Waals surface area contributed by atoms with Crippen LogP contribution in [0, 0.1) is 15.5 Å². The van der Waals surface area contributed by atoms with E-state index in [2.05, 4.69) is 0 Å². The van der Waals surface area contributed by atoms with E-state index < -0.39 is 11.2 Å². The third-order valence-electron chi connectivity index (χ3n) is 4.26. The van der Waals surface area contributed by atoms with Gasteiger partial charge in [0.2, 0.25) is 6.54 Å². The maximum Gasteiger partial charge on any atom is 0.312 e. The van der Waals surface area contributed by atoms with Gasteiger partial charge < -0.3 is 14.2 Å². The minimum Gasteiger partial charge on any atom is -0.466 e. The van der Waals surface area contributed by atoms with Gasteiger partial charge in [-0.1, -0.05) is 0 Å². The predicted octanol–water partition coefficient (Wildman–Crippen LogP) is 1.52. The quantitative estimate of drug-likeness (QED) is 0.433. The molecule has 0 radical (unpaired) electrons. The third kappa shape index (κ3) is 3.09. The Bertz CT molecular complexity index is 367. The second-order valence-electron chi connectivity index (χ2n) is 5.41. The third-order valence-corrected chi connectivity index (χ3v) is 4.26. The van der Waals surface area contributed by atoms with Crippen LogP contribution in [0.2, 0.25) is 0 Å². The Morgan fingerprint density at radius 2 is 1.85 bits per heavy atom. The van der Waals surface area contributed by atoms with Gasteiger partial charge in [0.25, 0.3) is 0 Å². The molecule has 0 bridgehead atoms. The molecule has 2 aliphatic rings. The highest BCUT2D eigenvalue weighted by atomic mass is 16.7. The van der Waals surface area contributed by atoms with Crippen molar-refractivity contribution in [1.82, 2.24) is 0 Å². The lowest BCUT2D eigenvalue weighted by atomic mass is 9.70. The lowest BCUT2D eigenvalue weighted by Crippen LogP contribution is -2.45. The summed E-state index contributed by atoms with van der Waals surface area (Å²) in [5.74, 6) is -0.903. The monoisotopic (exact) mass is 287 g/mol. The van der Waals surface area contributed by atoms with Crippen LogP contribution < -0.4 is 0 Å². The van der Waals surface area contributed by atoms with Crippen molar-refractivity contribution in [3.63, 3.8) is 0 Å². The van der Waals surface area contributed by atoms with E-state index in [0.29, 0.717) is 38.9 Å². The van der Waals surface area contributed by atoms with Crippen molar-refractivity contribution in [3.8, 4) is 0 Å². The number of hydrogen-bond acceptors (Lipinski definition) is 6. The van der Waals surface area contributed by atoms with Crippen LogP contribution in [0.3, 0.4) is 0 Å². The molecule has 0 aromatic carbocycles. The number of ether oxygens (including phenoxy) is 3. The molecule has 1 aliphatic heterocycles. The molecule has 0 amide bonds. The minimum atomic E-state index is -0.760. The zero-order chi connectivity index (χ0) is 14.6. The summed E-state index contributed by atoms with van der Waals surface area (Å²) >= 11 is 0. The fraction of sp³-hybridized carbons (Fsp3) is 0.923. The molecule has 0 aromatic heterocycles. The van der Waals surface area contributed by atoms with Gasteiger partial charge in [0.1, 0.15) is 0 Å². The zero-order valence-electron chi connectivity index (χ0n) is 11.8. The van der Waals surface area contributed by atoms with E-state index in [0.717, 1.165) is 0 Å². The average Bonchev–Trinajstić information content (AvgIpc) is 2.87. The van der Waals surface area contributed by atoms with E-state index >= 15 is 0 Å². The Kier molecular flexibility index (Phi) is 4.59. The molecule has 1 aliphatic carbocycles. The summed E-state index contributed by atoms with van der Waals surface area (Å²) < 4.78 is 16.4. The number of esters is 1. The molecule has 0 atom stereocenters. The largest absolute Gasteiger partial charge is 0.466 e. The summed E-state index contributed by atoms with van der Waals surface area (Å²) in [5.41, 5.74) is -0.760. The van der Waals surface area contributed by atoms with Gasteiger partial charge in [0, 0.05) is 24.2 Å².